The van der Waals surface area contributed by atoms with Crippen LogP contribution in [0.5, 0.6) is 5.75 Å². The van der Waals surface area contributed by atoms with Crippen molar-refractivity contribution in [2.24, 2.45) is 22.2 Å². The second kappa shape index (κ2) is 20.6. The Morgan fingerprint density at radius 2 is 1.60 bits per heavy atom. The molecule has 2 saturated heterocycles. The first-order valence-electron chi connectivity index (χ1n) is 28.6. The summed E-state index contributed by atoms with van der Waals surface area (Å²) in [5.41, 5.74) is -1.63. The highest BCUT2D eigenvalue weighted by Gasteiger charge is 2.78. The van der Waals surface area contributed by atoms with E-state index in [1.807, 2.05) is 50.1 Å². The number of para-hydroxylation sites is 1. The number of nitrogens with one attached hydrogen (secondary N) is 3. The van der Waals surface area contributed by atoms with Gasteiger partial charge in [-0.15, -0.1) is 0 Å². The molecule has 1 spiro atoms. The minimum absolute atomic E-state index is 0.00249. The number of carbonyl (C=O) groups is 3. The number of aromatic nitrogens is 1. The zero-order valence-corrected chi connectivity index (χ0v) is 46.3. The van der Waals surface area contributed by atoms with Gasteiger partial charge >= 0.3 is 5.97 Å². The average Bonchev–Trinajstić information content (AvgIpc) is 4.32. The molecule has 9 aliphatic rings. The lowest BCUT2D eigenvalue weighted by Crippen LogP contribution is -2.81. The molecule has 17 heteroatoms. The van der Waals surface area contributed by atoms with Gasteiger partial charge in [0.2, 0.25) is 0 Å². The maximum atomic E-state index is 15.6. The van der Waals surface area contributed by atoms with Crippen molar-refractivity contribution in [1.29, 1.82) is 0 Å². The SMILES string of the molecule is CC[C@]1(O)CC2CN(CCc3c([nH]c4ccccc34)[C@](C(=O)OC)(c3cc4c(cc3OC)N(C)C3C45CCN4CC=C[C@](C)(C45)[C@@H](O)[C@]3(O)C(=O)NCC34CCC(CNCC(=O)COCCOCCOC)(CC3)CC4)C2)C1. The molecule has 1 amide bonds. The molecule has 12 rings (SSSR count). The van der Waals surface area contributed by atoms with Crippen molar-refractivity contribution in [2.45, 2.75) is 125 Å². The Labute approximate surface area is 453 Å². The van der Waals surface area contributed by atoms with Crippen molar-refractivity contribution in [2.75, 3.05) is 119 Å². The van der Waals surface area contributed by atoms with Gasteiger partial charge in [0, 0.05) is 104 Å². The first kappa shape index (κ1) is 54.5. The molecule has 5 unspecified atom stereocenters. The number of amides is 1. The molecule has 77 heavy (non-hydrogen) atoms. The Morgan fingerprint density at radius 1 is 0.870 bits per heavy atom. The number of nitrogens with zero attached hydrogens (tertiary/aromatic N) is 3. The Kier molecular flexibility index (Phi) is 14.6. The van der Waals surface area contributed by atoms with Gasteiger partial charge in [-0.25, -0.2) is 0 Å². The number of aliphatic hydroxyl groups excluding tert-OH is 1. The third-order valence-electron chi connectivity index (χ3n) is 20.9. The molecule has 6 N–H and O–H groups in total. The first-order valence-corrected chi connectivity index (χ1v) is 28.6. The maximum Gasteiger partial charge on any atom is 0.322 e. The van der Waals surface area contributed by atoms with Crippen molar-refractivity contribution >= 4 is 34.3 Å². The number of hydrogen-bond acceptors (Lipinski definition) is 15. The van der Waals surface area contributed by atoms with E-state index in [2.05, 4.69) is 49.7 Å². The van der Waals surface area contributed by atoms with E-state index in [-0.39, 0.29) is 41.7 Å². The van der Waals surface area contributed by atoms with E-state index in [1.54, 1.807) is 14.2 Å². The number of anilines is 1. The van der Waals surface area contributed by atoms with Crippen LogP contribution in [0.3, 0.4) is 0 Å². The van der Waals surface area contributed by atoms with Crippen LogP contribution in [0.4, 0.5) is 5.69 Å². The highest BCUT2D eigenvalue weighted by atomic mass is 16.5. The highest BCUT2D eigenvalue weighted by Crippen LogP contribution is 2.67. The summed E-state index contributed by atoms with van der Waals surface area (Å²) in [7, 11) is 6.63. The third kappa shape index (κ3) is 8.70. The molecule has 17 nitrogen and oxygen atoms in total. The van der Waals surface area contributed by atoms with Crippen LogP contribution < -0.4 is 20.3 Å². The van der Waals surface area contributed by atoms with Crippen molar-refractivity contribution < 1.29 is 53.4 Å². The van der Waals surface area contributed by atoms with Crippen LogP contribution >= 0.6 is 0 Å². The largest absolute Gasteiger partial charge is 0.496 e. The second-order valence-electron chi connectivity index (χ2n) is 25.0. The molecule has 10 atom stereocenters. The fourth-order valence-electron chi connectivity index (χ4n) is 17.1. The quantitative estimate of drug-likeness (QED) is 0.0567. The summed E-state index contributed by atoms with van der Waals surface area (Å²) in [4.78, 5) is 54.3. The predicted molar refractivity (Wildman–Crippen MR) is 291 cm³/mol. The number of aromatic amines is 1. The molecule has 6 fully saturated rings. The van der Waals surface area contributed by atoms with Crippen molar-refractivity contribution in [3.8, 4) is 5.75 Å². The number of benzene rings is 2. The number of ketones is 1. The highest BCUT2D eigenvalue weighted by molar-refractivity contribution is 5.95. The number of H-pyrrole nitrogens is 1. The lowest BCUT2D eigenvalue weighted by Gasteiger charge is -2.62. The summed E-state index contributed by atoms with van der Waals surface area (Å²) in [6, 6.07) is 11.1. The normalized spacial score (nSPS) is 36.8. The van der Waals surface area contributed by atoms with Gasteiger partial charge in [0.25, 0.3) is 5.91 Å². The summed E-state index contributed by atoms with van der Waals surface area (Å²) in [5.74, 6) is -0.627. The molecule has 3 aromatic rings. The molecule has 5 aliphatic heterocycles. The number of methoxy groups -OCH3 is 3. The Morgan fingerprint density at radius 3 is 2.32 bits per heavy atom. The predicted octanol–water partition coefficient (Wildman–Crippen LogP) is 4.15. The van der Waals surface area contributed by atoms with E-state index in [0.717, 1.165) is 78.5 Å². The number of esters is 1. The Balaban J connectivity index is 0.914. The monoisotopic (exact) mass is 1060 g/mol. The van der Waals surface area contributed by atoms with E-state index < -0.39 is 51.5 Å². The van der Waals surface area contributed by atoms with Gasteiger partial charge in [-0.3, -0.25) is 24.2 Å². The molecular formula is C60H84N6O11. The average molecular weight is 1070 g/mol. The smallest absolute Gasteiger partial charge is 0.322 e. The minimum Gasteiger partial charge on any atom is -0.496 e. The van der Waals surface area contributed by atoms with E-state index >= 15 is 9.59 Å². The van der Waals surface area contributed by atoms with Crippen LogP contribution in [-0.2, 0) is 50.6 Å². The Bertz CT molecular complexity index is 2740. The number of carbonyl (C=O) groups excluding carboxylic acids is 3. The van der Waals surface area contributed by atoms with Gasteiger partial charge in [-0.05, 0) is 117 Å². The summed E-state index contributed by atoms with van der Waals surface area (Å²) in [6.07, 6.45) is 10.9. The van der Waals surface area contributed by atoms with Crippen molar-refractivity contribution in [3.05, 3.63) is 70.9 Å². The number of Topliss-reactive ketones (excluding diaryl/α,β-unsaturated/α-hetero) is 1. The number of hydrogen-bond donors (Lipinski definition) is 6. The number of aliphatic hydroxyl groups is 3. The number of fused-ring (bicyclic) bond motifs is 9. The van der Waals surface area contributed by atoms with Crippen LogP contribution in [0.15, 0.2) is 48.6 Å². The van der Waals surface area contributed by atoms with Crippen LogP contribution in [0.1, 0.15) is 100 Å². The molecule has 4 bridgehead atoms. The fraction of sp³-hybridized carbons (Fsp3) is 0.683. The van der Waals surface area contributed by atoms with E-state index in [4.69, 9.17) is 23.7 Å². The van der Waals surface area contributed by atoms with Crippen LogP contribution in [0, 0.1) is 22.2 Å². The third-order valence-corrected chi connectivity index (χ3v) is 20.9. The van der Waals surface area contributed by atoms with E-state index in [9.17, 15) is 20.1 Å². The lowest BCUT2D eigenvalue weighted by molar-refractivity contribution is -0.200. The van der Waals surface area contributed by atoms with Crippen LogP contribution in [0.25, 0.3) is 10.9 Å². The standard InChI is InChI=1S/C60H84N6O11/c1-7-57(71)31-39-32-59(53(70)75-6,48-42(13-23-65(34-39)38-57)41-11-8-9-12-45(41)63-48)44-29-43-46(30-47(44)74-5)64(3)50-58(43)21-24-66-22-10-14-54(2,49(58)66)51(68)60(50,72)52(69)62-37-56-18-15-55(16-19-56,17-20-56)36-61-33-40(67)35-77-28-27-76-26-25-73-4/h8-12,14,29-30,39,49-51,61,63,68,71-72H,7,13,15-28,31-38H2,1-6H3,(H,62,69)/t39?,49?,50?,51-,54-,55?,56?,57+,58?,59-,60+/m1/s1. The molecule has 0 radical (unpaired) electrons. The van der Waals surface area contributed by atoms with Crippen LogP contribution in [0.2, 0.25) is 0 Å². The molecule has 420 valence electrons. The van der Waals surface area contributed by atoms with Gasteiger partial charge in [-0.2, -0.15) is 0 Å². The Hall–Kier alpha value is -4.43. The second-order valence-corrected chi connectivity index (χ2v) is 25.0. The van der Waals surface area contributed by atoms with Gasteiger partial charge in [0.15, 0.2) is 11.4 Å². The van der Waals surface area contributed by atoms with Gasteiger partial charge < -0.3 is 59.5 Å². The minimum atomic E-state index is -2.27. The van der Waals surface area contributed by atoms with Gasteiger partial charge in [0.1, 0.15) is 23.9 Å². The zero-order valence-electron chi connectivity index (χ0n) is 46.3. The summed E-state index contributed by atoms with van der Waals surface area (Å²) >= 11 is 0. The molecule has 4 aliphatic carbocycles. The number of ether oxygens (including phenoxy) is 5. The van der Waals surface area contributed by atoms with Crippen molar-refractivity contribution in [1.82, 2.24) is 25.4 Å². The summed E-state index contributed by atoms with van der Waals surface area (Å²) in [6.45, 7) is 10.5. The van der Waals surface area contributed by atoms with Crippen molar-refractivity contribution in [3.63, 3.8) is 0 Å². The number of piperidine rings is 1. The molecule has 1 aromatic heterocycles. The topological polar surface area (TPSA) is 208 Å². The first-order chi connectivity index (χ1) is 37.0. The lowest BCUT2D eigenvalue weighted by atomic mass is 9.48. The van der Waals surface area contributed by atoms with Gasteiger partial charge in [0.05, 0.1) is 58.8 Å². The van der Waals surface area contributed by atoms with Gasteiger partial charge in [-0.1, -0.05) is 44.2 Å². The number of rotatable bonds is 19. The number of likely N-dealkylation sites (N-methyl/N-ethyl adjacent to an activating group) is 1. The fourth-order valence-corrected chi connectivity index (χ4v) is 17.1. The molecule has 6 heterocycles. The van der Waals surface area contributed by atoms with E-state index in [0.29, 0.717) is 109 Å². The van der Waals surface area contributed by atoms with E-state index in [1.165, 1.54) is 7.11 Å². The molecule has 2 aromatic carbocycles. The van der Waals surface area contributed by atoms with Crippen LogP contribution in [-0.4, -0.2) is 191 Å². The molecular weight excluding hydrogens is 981 g/mol. The summed E-state index contributed by atoms with van der Waals surface area (Å²) in [5, 5.41) is 46.7. The summed E-state index contributed by atoms with van der Waals surface area (Å²) < 4.78 is 28.4. The maximum absolute atomic E-state index is 15.6. The zero-order chi connectivity index (χ0) is 54.2. The molecule has 4 saturated carbocycles.